The number of rotatable bonds is 7. The molecule has 2 heterocycles. The van der Waals surface area contributed by atoms with Crippen LogP contribution < -0.4 is 15.0 Å². The molecule has 1 fully saturated rings. The van der Waals surface area contributed by atoms with Gasteiger partial charge in [0.15, 0.2) is 11.5 Å². The van der Waals surface area contributed by atoms with Crippen LogP contribution in [0.15, 0.2) is 23.1 Å². The average Bonchev–Trinajstić information content (AvgIpc) is 2.79. The highest BCUT2D eigenvalue weighted by molar-refractivity contribution is 6.08. The van der Waals surface area contributed by atoms with Gasteiger partial charge in [-0.2, -0.15) is 0 Å². The highest BCUT2D eigenvalue weighted by atomic mass is 16.5. The summed E-state index contributed by atoms with van der Waals surface area (Å²) in [6.07, 6.45) is 3.83. The monoisotopic (exact) mass is 444 g/mol. The first kappa shape index (κ1) is 23.6. The summed E-state index contributed by atoms with van der Waals surface area (Å²) in [5.41, 5.74) is 0.157. The predicted molar refractivity (Wildman–Crippen MR) is 121 cm³/mol. The van der Waals surface area contributed by atoms with Crippen molar-refractivity contribution in [1.82, 2.24) is 9.47 Å². The summed E-state index contributed by atoms with van der Waals surface area (Å²) in [6, 6.07) is 2.64. The van der Waals surface area contributed by atoms with Gasteiger partial charge in [0, 0.05) is 24.7 Å². The summed E-state index contributed by atoms with van der Waals surface area (Å²) in [4.78, 5) is 41.1. The normalized spacial score (nSPS) is 16.3. The Balaban J connectivity index is 2.20. The molecule has 1 aromatic carbocycles. The SMILES string of the molecule is CCOC(=O)C1CCCCN1C(=O)c1cn(CC(C)C)c(=O)c2cc(OC)c(OC)cc12. The van der Waals surface area contributed by atoms with Crippen LogP contribution in [0.2, 0.25) is 0 Å². The Morgan fingerprint density at radius 3 is 2.34 bits per heavy atom. The van der Waals surface area contributed by atoms with E-state index in [-0.39, 0.29) is 30.0 Å². The maximum Gasteiger partial charge on any atom is 0.328 e. The van der Waals surface area contributed by atoms with E-state index in [1.54, 1.807) is 34.7 Å². The molecule has 0 saturated carbocycles. The first-order chi connectivity index (χ1) is 15.3. The van der Waals surface area contributed by atoms with E-state index in [1.165, 1.54) is 14.2 Å². The number of pyridine rings is 1. The van der Waals surface area contributed by atoms with Gasteiger partial charge in [-0.15, -0.1) is 0 Å². The molecule has 1 atom stereocenters. The Labute approximate surface area is 188 Å². The number of piperidine rings is 1. The van der Waals surface area contributed by atoms with Crippen molar-refractivity contribution < 1.29 is 23.8 Å². The maximum atomic E-state index is 13.8. The first-order valence-corrected chi connectivity index (χ1v) is 11.1. The fourth-order valence-electron chi connectivity index (χ4n) is 4.23. The van der Waals surface area contributed by atoms with Crippen LogP contribution in [0.3, 0.4) is 0 Å². The number of nitrogens with zero attached hydrogens (tertiary/aromatic N) is 2. The summed E-state index contributed by atoms with van der Waals surface area (Å²) in [5, 5.41) is 0.852. The molecular formula is C24H32N2O6. The Kier molecular flexibility index (Phi) is 7.43. The van der Waals surface area contributed by atoms with Crippen molar-refractivity contribution in [2.24, 2.45) is 5.92 Å². The van der Waals surface area contributed by atoms with Gasteiger partial charge < -0.3 is 23.7 Å². The van der Waals surface area contributed by atoms with Crippen LogP contribution in [-0.4, -0.2) is 54.8 Å². The highest BCUT2D eigenvalue weighted by Gasteiger charge is 2.35. The summed E-state index contributed by atoms with van der Waals surface area (Å²) >= 11 is 0. The van der Waals surface area contributed by atoms with Crippen molar-refractivity contribution in [3.05, 3.63) is 34.2 Å². The maximum absolute atomic E-state index is 13.8. The third-order valence-corrected chi connectivity index (χ3v) is 5.70. The number of hydrogen-bond acceptors (Lipinski definition) is 6. The minimum atomic E-state index is -0.628. The Morgan fingerprint density at radius 2 is 1.75 bits per heavy atom. The average molecular weight is 445 g/mol. The lowest BCUT2D eigenvalue weighted by Crippen LogP contribution is -2.49. The van der Waals surface area contributed by atoms with Crippen molar-refractivity contribution in [2.45, 2.75) is 52.6 Å². The van der Waals surface area contributed by atoms with Gasteiger partial charge in [-0.3, -0.25) is 9.59 Å². The minimum absolute atomic E-state index is 0.202. The minimum Gasteiger partial charge on any atom is -0.493 e. The molecule has 1 unspecified atom stereocenters. The summed E-state index contributed by atoms with van der Waals surface area (Å²) in [6.45, 7) is 6.95. The molecule has 1 aliphatic heterocycles. The molecule has 0 radical (unpaired) electrons. The van der Waals surface area contributed by atoms with E-state index in [0.717, 1.165) is 12.8 Å². The number of benzene rings is 1. The molecule has 1 saturated heterocycles. The quantitative estimate of drug-likeness (QED) is 0.610. The van der Waals surface area contributed by atoms with E-state index in [4.69, 9.17) is 14.2 Å². The number of ether oxygens (including phenoxy) is 3. The zero-order valence-corrected chi connectivity index (χ0v) is 19.5. The number of carbonyl (C=O) groups excluding carboxylic acids is 2. The van der Waals surface area contributed by atoms with E-state index in [0.29, 0.717) is 47.3 Å². The third kappa shape index (κ3) is 4.59. The third-order valence-electron chi connectivity index (χ3n) is 5.70. The van der Waals surface area contributed by atoms with Crippen molar-refractivity contribution >= 4 is 22.6 Å². The molecule has 8 heteroatoms. The van der Waals surface area contributed by atoms with Crippen LogP contribution in [0.1, 0.15) is 50.4 Å². The molecular weight excluding hydrogens is 412 g/mol. The van der Waals surface area contributed by atoms with Gasteiger partial charge in [-0.05, 0) is 44.2 Å². The molecule has 1 amide bonds. The number of carbonyl (C=O) groups is 2. The Hall–Kier alpha value is -3.03. The van der Waals surface area contributed by atoms with Gasteiger partial charge in [0.2, 0.25) is 0 Å². The van der Waals surface area contributed by atoms with Crippen LogP contribution in [0.5, 0.6) is 11.5 Å². The summed E-state index contributed by atoms with van der Waals surface area (Å²) in [7, 11) is 3.01. The molecule has 2 aromatic rings. The number of esters is 1. The number of amides is 1. The van der Waals surface area contributed by atoms with Gasteiger partial charge in [-0.25, -0.2) is 4.79 Å². The second-order valence-electron chi connectivity index (χ2n) is 8.41. The molecule has 3 rings (SSSR count). The largest absolute Gasteiger partial charge is 0.493 e. The van der Waals surface area contributed by atoms with Crippen molar-refractivity contribution in [3.8, 4) is 11.5 Å². The van der Waals surface area contributed by atoms with Gasteiger partial charge >= 0.3 is 5.97 Å². The molecule has 32 heavy (non-hydrogen) atoms. The Morgan fingerprint density at radius 1 is 1.09 bits per heavy atom. The fourth-order valence-corrected chi connectivity index (χ4v) is 4.23. The van der Waals surface area contributed by atoms with Gasteiger partial charge in [-0.1, -0.05) is 13.8 Å². The fraction of sp³-hybridized carbons (Fsp3) is 0.542. The second-order valence-corrected chi connectivity index (χ2v) is 8.41. The van der Waals surface area contributed by atoms with E-state index in [2.05, 4.69) is 0 Å². The van der Waals surface area contributed by atoms with E-state index in [9.17, 15) is 14.4 Å². The molecule has 0 aliphatic carbocycles. The lowest BCUT2D eigenvalue weighted by atomic mass is 9.99. The van der Waals surface area contributed by atoms with Crippen LogP contribution in [0.25, 0.3) is 10.8 Å². The molecule has 1 aromatic heterocycles. The smallest absolute Gasteiger partial charge is 0.328 e. The van der Waals surface area contributed by atoms with E-state index < -0.39 is 6.04 Å². The predicted octanol–water partition coefficient (Wildman–Crippen LogP) is 3.23. The van der Waals surface area contributed by atoms with Crippen LogP contribution in [0, 0.1) is 5.92 Å². The number of aromatic nitrogens is 1. The number of hydrogen-bond donors (Lipinski definition) is 0. The molecule has 0 N–H and O–H groups in total. The van der Waals surface area contributed by atoms with E-state index in [1.807, 2.05) is 13.8 Å². The molecule has 0 bridgehead atoms. The van der Waals surface area contributed by atoms with Gasteiger partial charge in [0.1, 0.15) is 6.04 Å². The second kappa shape index (κ2) is 10.1. The molecule has 1 aliphatic rings. The van der Waals surface area contributed by atoms with Crippen molar-refractivity contribution in [3.63, 3.8) is 0 Å². The molecule has 174 valence electrons. The molecule has 0 spiro atoms. The lowest BCUT2D eigenvalue weighted by Gasteiger charge is -2.34. The number of likely N-dealkylation sites (tertiary alicyclic amines) is 1. The molecule has 8 nitrogen and oxygen atoms in total. The summed E-state index contributed by atoms with van der Waals surface area (Å²) < 4.78 is 17.6. The number of fused-ring (bicyclic) bond motifs is 1. The zero-order valence-electron chi connectivity index (χ0n) is 19.5. The summed E-state index contributed by atoms with van der Waals surface area (Å²) in [5.74, 6) is 0.364. The van der Waals surface area contributed by atoms with Gasteiger partial charge in [0.05, 0.1) is 31.8 Å². The van der Waals surface area contributed by atoms with E-state index >= 15 is 0 Å². The Bertz CT molecular complexity index is 1060. The zero-order chi connectivity index (χ0) is 23.4. The first-order valence-electron chi connectivity index (χ1n) is 11.1. The number of methoxy groups -OCH3 is 2. The van der Waals surface area contributed by atoms with Gasteiger partial charge in [0.25, 0.3) is 11.5 Å². The standard InChI is InChI=1S/C24H32N2O6/c1-6-32-24(29)19-9-7-8-10-26(19)23(28)18-14-25(13-15(2)3)22(27)17-12-21(31-5)20(30-4)11-16(17)18/h11-12,14-15,19H,6-10,13H2,1-5H3. The van der Waals surface area contributed by atoms with Crippen LogP contribution in [0.4, 0.5) is 0 Å². The van der Waals surface area contributed by atoms with Crippen LogP contribution in [-0.2, 0) is 16.1 Å². The highest BCUT2D eigenvalue weighted by Crippen LogP contribution is 2.33. The van der Waals surface area contributed by atoms with Crippen molar-refractivity contribution in [2.75, 3.05) is 27.4 Å². The van der Waals surface area contributed by atoms with Crippen molar-refractivity contribution in [1.29, 1.82) is 0 Å². The topological polar surface area (TPSA) is 87.1 Å². The van der Waals surface area contributed by atoms with Crippen LogP contribution >= 0.6 is 0 Å². The lowest BCUT2D eigenvalue weighted by molar-refractivity contribution is -0.149.